The largest absolute Gasteiger partial charge is 0.488 e. The fourth-order valence-corrected chi connectivity index (χ4v) is 6.65. The van der Waals surface area contributed by atoms with Crippen molar-refractivity contribution in [1.82, 2.24) is 4.90 Å². The van der Waals surface area contributed by atoms with Crippen molar-refractivity contribution in [2.45, 2.75) is 64.0 Å². The van der Waals surface area contributed by atoms with Crippen LogP contribution in [0.1, 0.15) is 59.1 Å². The van der Waals surface area contributed by atoms with E-state index in [4.69, 9.17) is 9.47 Å². The SMILES string of the molecule is CCOC(=O)CCc1ccc(OCc2ccc(CN3CCC4(CCc5ccccc54)CC3)s2)cc1F. The summed E-state index contributed by atoms with van der Waals surface area (Å²) in [6.07, 6.45) is 5.51. The summed E-state index contributed by atoms with van der Waals surface area (Å²) < 4.78 is 25.2. The molecule has 0 bridgehead atoms. The zero-order chi connectivity index (χ0) is 25.0. The molecule has 0 radical (unpaired) electrons. The van der Waals surface area contributed by atoms with Gasteiger partial charge in [0.15, 0.2) is 0 Å². The van der Waals surface area contributed by atoms with Gasteiger partial charge in [0.05, 0.1) is 6.61 Å². The van der Waals surface area contributed by atoms with Crippen LogP contribution in [0.2, 0.25) is 0 Å². The van der Waals surface area contributed by atoms with Crippen molar-refractivity contribution in [1.29, 1.82) is 0 Å². The van der Waals surface area contributed by atoms with Gasteiger partial charge in [-0.2, -0.15) is 0 Å². The van der Waals surface area contributed by atoms with Gasteiger partial charge in [-0.05, 0) is 92.4 Å². The molecule has 190 valence electrons. The molecule has 1 fully saturated rings. The number of fused-ring (bicyclic) bond motifs is 2. The summed E-state index contributed by atoms with van der Waals surface area (Å²) in [5, 5.41) is 0. The topological polar surface area (TPSA) is 38.8 Å². The van der Waals surface area contributed by atoms with Crippen LogP contribution in [0.25, 0.3) is 0 Å². The molecule has 1 aliphatic heterocycles. The average Bonchev–Trinajstić information content (AvgIpc) is 3.49. The van der Waals surface area contributed by atoms with Crippen molar-refractivity contribution in [3.8, 4) is 5.75 Å². The lowest BCUT2D eigenvalue weighted by Crippen LogP contribution is -2.41. The molecule has 3 aromatic rings. The standard InChI is InChI=1S/C30H34FNO3S/c1-2-34-29(33)12-8-23-7-9-24(19-28(23)31)35-21-26-11-10-25(36-26)20-32-17-15-30(16-18-32)14-13-22-5-3-4-6-27(22)30/h3-7,9-11,19H,2,8,12-18,20-21H2,1H3. The normalized spacial score (nSPS) is 16.7. The lowest BCUT2D eigenvalue weighted by molar-refractivity contribution is -0.143. The molecule has 6 heteroatoms. The summed E-state index contributed by atoms with van der Waals surface area (Å²) in [5.74, 6) is -0.157. The first-order chi connectivity index (χ1) is 17.5. The average molecular weight is 508 g/mol. The summed E-state index contributed by atoms with van der Waals surface area (Å²) >= 11 is 1.77. The predicted octanol–water partition coefficient (Wildman–Crippen LogP) is 6.44. The summed E-state index contributed by atoms with van der Waals surface area (Å²) in [6.45, 7) is 5.78. The molecule has 0 saturated carbocycles. The third-order valence-corrected chi connectivity index (χ3v) is 8.72. The van der Waals surface area contributed by atoms with Gasteiger partial charge in [-0.15, -0.1) is 11.3 Å². The second kappa shape index (κ2) is 11.1. The van der Waals surface area contributed by atoms with Gasteiger partial charge in [-0.3, -0.25) is 9.69 Å². The van der Waals surface area contributed by atoms with Crippen molar-refractivity contribution in [3.05, 3.63) is 86.9 Å². The summed E-state index contributed by atoms with van der Waals surface area (Å²) in [7, 11) is 0. The van der Waals surface area contributed by atoms with Crippen LogP contribution in [0.5, 0.6) is 5.75 Å². The highest BCUT2D eigenvalue weighted by atomic mass is 32.1. The Morgan fingerprint density at radius 2 is 1.86 bits per heavy atom. The van der Waals surface area contributed by atoms with Gasteiger partial charge in [0.25, 0.3) is 0 Å². The third kappa shape index (κ3) is 5.65. The van der Waals surface area contributed by atoms with E-state index >= 15 is 0 Å². The maximum absolute atomic E-state index is 14.4. The summed E-state index contributed by atoms with van der Waals surface area (Å²) in [5.41, 5.74) is 4.05. The Kier molecular flexibility index (Phi) is 7.73. The highest BCUT2D eigenvalue weighted by Gasteiger charge is 2.40. The van der Waals surface area contributed by atoms with Crippen molar-refractivity contribution < 1.29 is 18.7 Å². The van der Waals surface area contributed by atoms with Gasteiger partial charge < -0.3 is 9.47 Å². The van der Waals surface area contributed by atoms with Gasteiger partial charge in [0.2, 0.25) is 0 Å². The molecule has 2 aromatic carbocycles. The first-order valence-corrected chi connectivity index (χ1v) is 13.8. The molecule has 0 amide bonds. The predicted molar refractivity (Wildman–Crippen MR) is 141 cm³/mol. The van der Waals surface area contributed by atoms with Crippen molar-refractivity contribution in [2.24, 2.45) is 0 Å². The number of hydrogen-bond donors (Lipinski definition) is 0. The lowest BCUT2D eigenvalue weighted by atomic mass is 9.74. The van der Waals surface area contributed by atoms with E-state index in [1.807, 2.05) is 0 Å². The fraction of sp³-hybridized carbons (Fsp3) is 0.433. The number of carbonyl (C=O) groups excluding carboxylic acids is 1. The number of piperidine rings is 1. The molecule has 4 nitrogen and oxygen atoms in total. The van der Waals surface area contributed by atoms with Crippen LogP contribution in [0.3, 0.4) is 0 Å². The molecule has 1 spiro atoms. The molecule has 0 atom stereocenters. The van der Waals surface area contributed by atoms with E-state index in [2.05, 4.69) is 41.3 Å². The van der Waals surface area contributed by atoms with E-state index in [0.717, 1.165) is 24.5 Å². The molecule has 36 heavy (non-hydrogen) atoms. The molecule has 0 N–H and O–H groups in total. The number of carbonyl (C=O) groups is 1. The molecule has 1 saturated heterocycles. The fourth-order valence-electron chi connectivity index (χ4n) is 5.67. The molecule has 5 rings (SSSR count). The van der Waals surface area contributed by atoms with Crippen LogP contribution in [0, 0.1) is 5.82 Å². The minimum absolute atomic E-state index is 0.175. The van der Waals surface area contributed by atoms with Gasteiger partial charge in [0.1, 0.15) is 18.2 Å². The monoisotopic (exact) mass is 507 g/mol. The number of thiophene rings is 1. The Balaban J connectivity index is 1.09. The van der Waals surface area contributed by atoms with Crippen LogP contribution >= 0.6 is 11.3 Å². The molecule has 2 aliphatic rings. The smallest absolute Gasteiger partial charge is 0.306 e. The molecular formula is C30H34FNO3S. The first-order valence-electron chi connectivity index (χ1n) is 13.0. The highest BCUT2D eigenvalue weighted by Crippen LogP contribution is 2.46. The van der Waals surface area contributed by atoms with Crippen LogP contribution in [-0.2, 0) is 40.9 Å². The number of nitrogens with zero attached hydrogens (tertiary/aromatic N) is 1. The molecule has 0 unspecified atom stereocenters. The molecule has 1 aliphatic carbocycles. The Morgan fingerprint density at radius 1 is 1.06 bits per heavy atom. The van der Waals surface area contributed by atoms with Gasteiger partial charge >= 0.3 is 5.97 Å². The number of halogens is 1. The van der Waals surface area contributed by atoms with Gasteiger partial charge in [-0.25, -0.2) is 4.39 Å². The maximum atomic E-state index is 14.4. The summed E-state index contributed by atoms with van der Waals surface area (Å²) in [6, 6.07) is 18.2. The number of benzene rings is 2. The Labute approximate surface area is 217 Å². The van der Waals surface area contributed by atoms with Gasteiger partial charge in [-0.1, -0.05) is 30.3 Å². The first kappa shape index (κ1) is 25.0. The molecule has 2 heterocycles. The highest BCUT2D eigenvalue weighted by molar-refractivity contribution is 7.11. The van der Waals surface area contributed by atoms with Gasteiger partial charge in [0, 0.05) is 28.8 Å². The minimum atomic E-state index is -0.351. The Morgan fingerprint density at radius 3 is 2.67 bits per heavy atom. The molecular weight excluding hydrogens is 473 g/mol. The van der Waals surface area contributed by atoms with Crippen LogP contribution in [0.15, 0.2) is 54.6 Å². The van der Waals surface area contributed by atoms with Crippen molar-refractivity contribution >= 4 is 17.3 Å². The van der Waals surface area contributed by atoms with Crippen LogP contribution < -0.4 is 4.74 Å². The van der Waals surface area contributed by atoms with E-state index in [0.29, 0.717) is 36.4 Å². The quantitative estimate of drug-likeness (QED) is 0.312. The number of aryl methyl sites for hydroxylation is 2. The van der Waals surface area contributed by atoms with E-state index in [9.17, 15) is 9.18 Å². The van der Waals surface area contributed by atoms with E-state index in [1.54, 1.807) is 41.5 Å². The maximum Gasteiger partial charge on any atom is 0.306 e. The van der Waals surface area contributed by atoms with E-state index in [-0.39, 0.29) is 18.2 Å². The second-order valence-corrected chi connectivity index (χ2v) is 11.2. The molecule has 1 aromatic heterocycles. The number of ether oxygens (including phenoxy) is 2. The minimum Gasteiger partial charge on any atom is -0.488 e. The van der Waals surface area contributed by atoms with Crippen molar-refractivity contribution in [2.75, 3.05) is 19.7 Å². The van der Waals surface area contributed by atoms with E-state index < -0.39 is 0 Å². The Hall–Kier alpha value is -2.70. The third-order valence-electron chi connectivity index (χ3n) is 7.68. The zero-order valence-corrected chi connectivity index (χ0v) is 21.7. The Bertz CT molecular complexity index is 1200. The van der Waals surface area contributed by atoms with E-state index in [1.165, 1.54) is 36.6 Å². The summed E-state index contributed by atoms with van der Waals surface area (Å²) in [4.78, 5) is 16.6. The van der Waals surface area contributed by atoms with Crippen molar-refractivity contribution in [3.63, 3.8) is 0 Å². The number of likely N-dealkylation sites (tertiary alicyclic amines) is 1. The second-order valence-electron chi connectivity index (χ2n) is 9.93. The van der Waals surface area contributed by atoms with Crippen LogP contribution in [-0.4, -0.2) is 30.6 Å². The number of hydrogen-bond acceptors (Lipinski definition) is 5. The zero-order valence-electron chi connectivity index (χ0n) is 20.9. The number of esters is 1. The lowest BCUT2D eigenvalue weighted by Gasteiger charge is -2.40. The van der Waals surface area contributed by atoms with Crippen LogP contribution in [0.4, 0.5) is 4.39 Å². The number of rotatable bonds is 9.